The van der Waals surface area contributed by atoms with Gasteiger partial charge in [-0.1, -0.05) is 6.07 Å². The third kappa shape index (κ3) is 5.05. The van der Waals surface area contributed by atoms with E-state index < -0.39 is 43.3 Å². The van der Waals surface area contributed by atoms with Gasteiger partial charge >= 0.3 is 0 Å². The molecule has 2 aromatic rings. The molecule has 10 nitrogen and oxygen atoms in total. The maximum Gasteiger partial charge on any atom is 0.203 e. The predicted molar refractivity (Wildman–Crippen MR) is 138 cm³/mol. The van der Waals surface area contributed by atoms with E-state index in [1.807, 2.05) is 18.4 Å². The summed E-state index contributed by atoms with van der Waals surface area (Å²) in [5.41, 5.74) is 2.88. The summed E-state index contributed by atoms with van der Waals surface area (Å²) in [7, 11) is 4.62. The first kappa shape index (κ1) is 27.6. The highest BCUT2D eigenvalue weighted by molar-refractivity contribution is 7.98. The number of rotatable bonds is 7. The number of benzene rings is 1. The van der Waals surface area contributed by atoms with E-state index in [1.165, 1.54) is 18.9 Å². The topological polar surface area (TPSA) is 147 Å². The molecule has 1 fully saturated rings. The Morgan fingerprint density at radius 1 is 1.03 bits per heavy atom. The van der Waals surface area contributed by atoms with Gasteiger partial charge in [0.15, 0.2) is 16.9 Å². The summed E-state index contributed by atoms with van der Waals surface area (Å²) >= 11 is 1.34. The van der Waals surface area contributed by atoms with Crippen molar-refractivity contribution in [1.29, 1.82) is 0 Å². The second kappa shape index (κ2) is 11.6. The first-order valence-corrected chi connectivity index (χ1v) is 13.1. The van der Waals surface area contributed by atoms with Crippen molar-refractivity contribution in [3.63, 3.8) is 0 Å². The van der Waals surface area contributed by atoms with E-state index in [0.717, 1.165) is 16.7 Å². The summed E-state index contributed by atoms with van der Waals surface area (Å²) in [5, 5.41) is 44.0. The van der Waals surface area contributed by atoms with E-state index in [4.69, 9.17) is 18.9 Å². The van der Waals surface area contributed by atoms with E-state index in [1.54, 1.807) is 26.4 Å². The van der Waals surface area contributed by atoms with Crippen LogP contribution < -0.4 is 25.0 Å². The Hall–Kier alpha value is -2.38. The van der Waals surface area contributed by atoms with E-state index in [0.29, 0.717) is 40.5 Å². The number of methoxy groups -OCH3 is 3. The normalized spacial score (nSPS) is 27.0. The Bertz CT molecular complexity index is 1190. The summed E-state index contributed by atoms with van der Waals surface area (Å²) in [4.78, 5) is 13.7. The van der Waals surface area contributed by atoms with Crippen LogP contribution in [0.3, 0.4) is 0 Å². The smallest absolute Gasteiger partial charge is 0.203 e. The van der Waals surface area contributed by atoms with E-state index >= 15 is 0 Å². The first-order valence-electron chi connectivity index (χ1n) is 11.9. The molecule has 5 N–H and O–H groups in total. The standard InChI is InChI=1S/C26H33NO9S/c1-33-17-9-12-5-7-15(27-26-23(32)22(31)21(30)18(11-28)36-26)14-10-16(29)19(37-4)8-6-13(14)20(12)25(35-3)24(17)34-2/h6,8-10,15,18,21-23,26-28,30-32H,5,7,11H2,1-4H3/t15-,18?,21?,22?,23?,26?/m0/s1. The Morgan fingerprint density at radius 3 is 2.38 bits per heavy atom. The highest BCUT2D eigenvalue weighted by atomic mass is 32.2. The van der Waals surface area contributed by atoms with Crippen molar-refractivity contribution in [3.05, 3.63) is 45.6 Å². The Kier molecular flexibility index (Phi) is 8.64. The lowest BCUT2D eigenvalue weighted by atomic mass is 9.94. The average Bonchev–Trinajstić information content (AvgIpc) is 3.15. The van der Waals surface area contributed by atoms with Crippen LogP contribution >= 0.6 is 11.8 Å². The number of hydrogen-bond donors (Lipinski definition) is 5. The molecule has 1 saturated heterocycles. The molecule has 4 rings (SSSR count). The van der Waals surface area contributed by atoms with Crippen LogP contribution in [-0.4, -0.2) is 85.3 Å². The van der Waals surface area contributed by atoms with Gasteiger partial charge in [-0.25, -0.2) is 0 Å². The zero-order valence-corrected chi connectivity index (χ0v) is 21.9. The van der Waals surface area contributed by atoms with E-state index in [9.17, 15) is 25.2 Å². The molecule has 0 aromatic heterocycles. The average molecular weight is 536 g/mol. The molecule has 5 unspecified atom stereocenters. The van der Waals surface area contributed by atoms with Gasteiger partial charge in [-0.15, -0.1) is 11.8 Å². The SMILES string of the molecule is COc1cc2c(c(OC)c1OC)-c1ccc(SC)c(=O)cc1[C@@H](NC1OC(CO)C(O)C(O)C1O)CC2. The van der Waals surface area contributed by atoms with Crippen LogP contribution in [0.15, 0.2) is 34.0 Å². The van der Waals surface area contributed by atoms with Gasteiger partial charge in [0.1, 0.15) is 30.6 Å². The molecule has 6 atom stereocenters. The van der Waals surface area contributed by atoms with Crippen LogP contribution in [-0.2, 0) is 11.2 Å². The lowest BCUT2D eigenvalue weighted by Gasteiger charge is -2.41. The van der Waals surface area contributed by atoms with Gasteiger partial charge < -0.3 is 39.4 Å². The summed E-state index contributed by atoms with van der Waals surface area (Å²) in [6.45, 7) is -0.538. The van der Waals surface area contributed by atoms with Gasteiger partial charge in [-0.05, 0) is 54.0 Å². The molecule has 0 saturated carbocycles. The predicted octanol–water partition coefficient (Wildman–Crippen LogP) is 0.838. The quantitative estimate of drug-likeness (QED) is 0.321. The molecule has 2 aliphatic rings. The number of thioether (sulfide) groups is 1. The number of hydrogen-bond acceptors (Lipinski definition) is 11. The Balaban J connectivity index is 1.89. The Morgan fingerprint density at radius 2 is 1.76 bits per heavy atom. The number of fused-ring (bicyclic) bond motifs is 3. The fourth-order valence-corrected chi connectivity index (χ4v) is 5.54. The van der Waals surface area contributed by atoms with E-state index in [2.05, 4.69) is 5.32 Å². The molecular formula is C26H33NO9S. The number of aliphatic hydroxyl groups is 4. The van der Waals surface area contributed by atoms with Crippen molar-refractivity contribution in [2.24, 2.45) is 0 Å². The summed E-state index contributed by atoms with van der Waals surface area (Å²) in [6, 6.07) is 6.58. The minimum atomic E-state index is -1.52. The van der Waals surface area contributed by atoms with Crippen LogP contribution in [0.2, 0.25) is 0 Å². The minimum absolute atomic E-state index is 0.169. The fraction of sp³-hybridized carbons (Fsp3) is 0.500. The van der Waals surface area contributed by atoms with Crippen LogP contribution in [0.5, 0.6) is 17.2 Å². The number of aliphatic hydroxyl groups excluding tert-OH is 4. The van der Waals surface area contributed by atoms with Crippen LogP contribution in [0.4, 0.5) is 0 Å². The zero-order chi connectivity index (χ0) is 26.9. The molecule has 1 heterocycles. The summed E-state index contributed by atoms with van der Waals surface area (Å²) in [6.07, 6.45) is -3.76. The zero-order valence-electron chi connectivity index (χ0n) is 21.1. The molecule has 1 aliphatic carbocycles. The molecule has 2 aromatic carbocycles. The van der Waals surface area contributed by atoms with Gasteiger partial charge in [0, 0.05) is 11.6 Å². The third-order valence-corrected chi connectivity index (χ3v) is 7.76. The lowest BCUT2D eigenvalue weighted by Crippen LogP contribution is -2.62. The molecule has 0 bridgehead atoms. The molecular weight excluding hydrogens is 502 g/mol. The number of ether oxygens (including phenoxy) is 4. The maximum atomic E-state index is 13.1. The summed E-state index contributed by atoms with van der Waals surface area (Å²) in [5.74, 6) is 1.40. The third-order valence-electron chi connectivity index (χ3n) is 6.98. The maximum absolute atomic E-state index is 13.1. The van der Waals surface area contributed by atoms with Gasteiger partial charge in [0.2, 0.25) is 5.75 Å². The minimum Gasteiger partial charge on any atom is -0.493 e. The first-order chi connectivity index (χ1) is 17.8. The van der Waals surface area contributed by atoms with Crippen molar-refractivity contribution in [2.75, 3.05) is 34.2 Å². The molecule has 0 radical (unpaired) electrons. The van der Waals surface area contributed by atoms with Crippen LogP contribution in [0, 0.1) is 0 Å². The van der Waals surface area contributed by atoms with Gasteiger partial charge in [-0.2, -0.15) is 0 Å². The van der Waals surface area contributed by atoms with Gasteiger partial charge in [0.05, 0.1) is 32.8 Å². The van der Waals surface area contributed by atoms with Crippen molar-refractivity contribution in [3.8, 4) is 28.4 Å². The second-order valence-electron chi connectivity index (χ2n) is 8.97. The monoisotopic (exact) mass is 535 g/mol. The molecule has 202 valence electrons. The highest BCUT2D eigenvalue weighted by Crippen LogP contribution is 2.50. The van der Waals surface area contributed by atoms with E-state index in [-0.39, 0.29) is 5.43 Å². The lowest BCUT2D eigenvalue weighted by molar-refractivity contribution is -0.238. The van der Waals surface area contributed by atoms with Crippen molar-refractivity contribution >= 4 is 11.8 Å². The number of aryl methyl sites for hydroxylation is 1. The van der Waals surface area contributed by atoms with Crippen molar-refractivity contribution in [2.45, 2.75) is 54.4 Å². The molecule has 0 amide bonds. The second-order valence-corrected chi connectivity index (χ2v) is 9.81. The van der Waals surface area contributed by atoms with Crippen LogP contribution in [0.25, 0.3) is 11.1 Å². The fourth-order valence-electron chi connectivity index (χ4n) is 5.08. The van der Waals surface area contributed by atoms with Crippen molar-refractivity contribution in [1.82, 2.24) is 5.32 Å². The van der Waals surface area contributed by atoms with Gasteiger partial charge in [-0.3, -0.25) is 10.1 Å². The largest absolute Gasteiger partial charge is 0.493 e. The summed E-state index contributed by atoms with van der Waals surface area (Å²) < 4.78 is 22.7. The van der Waals surface area contributed by atoms with Crippen molar-refractivity contribution < 1.29 is 39.4 Å². The molecule has 1 aliphatic heterocycles. The number of nitrogens with one attached hydrogen (secondary N) is 1. The molecule has 0 spiro atoms. The van der Waals surface area contributed by atoms with Crippen LogP contribution in [0.1, 0.15) is 23.6 Å². The molecule has 11 heteroatoms. The highest BCUT2D eigenvalue weighted by Gasteiger charge is 2.44. The van der Waals surface area contributed by atoms with Gasteiger partial charge in [0.25, 0.3) is 0 Å². The Labute approximate surface area is 219 Å². The molecule has 37 heavy (non-hydrogen) atoms.